The molecule has 1 unspecified atom stereocenters. The van der Waals surface area contributed by atoms with Gasteiger partial charge in [0, 0.05) is 16.5 Å². The quantitative estimate of drug-likeness (QED) is 0.650. The van der Waals surface area contributed by atoms with Gasteiger partial charge < -0.3 is 10.1 Å². The Kier molecular flexibility index (Phi) is 1.52. The lowest BCUT2D eigenvalue weighted by atomic mass is 10.0. The lowest BCUT2D eigenvalue weighted by Gasteiger charge is -2.11. The molecule has 2 heteroatoms. The SMILES string of the molecule is OC1CC=Cc2c1[nH]c1ccccc21. The molecule has 0 bridgehead atoms. The molecule has 0 saturated heterocycles. The van der Waals surface area contributed by atoms with E-state index in [0.717, 1.165) is 16.8 Å². The average molecular weight is 185 g/mol. The topological polar surface area (TPSA) is 36.0 Å². The number of hydrogen-bond donors (Lipinski definition) is 2. The van der Waals surface area contributed by atoms with E-state index in [2.05, 4.69) is 17.1 Å². The van der Waals surface area contributed by atoms with Crippen LogP contribution in [-0.2, 0) is 0 Å². The van der Waals surface area contributed by atoms with Crippen LogP contribution in [0.25, 0.3) is 17.0 Å². The third-order valence-corrected chi connectivity index (χ3v) is 2.75. The normalized spacial score (nSPS) is 19.9. The van der Waals surface area contributed by atoms with Crippen LogP contribution in [0.4, 0.5) is 0 Å². The maximum absolute atomic E-state index is 9.78. The van der Waals surface area contributed by atoms with Crippen molar-refractivity contribution in [1.82, 2.24) is 4.98 Å². The molecule has 0 amide bonds. The van der Waals surface area contributed by atoms with Crippen LogP contribution < -0.4 is 0 Å². The molecule has 0 aliphatic heterocycles. The first kappa shape index (κ1) is 7.83. The summed E-state index contributed by atoms with van der Waals surface area (Å²) in [7, 11) is 0. The Morgan fingerprint density at radius 1 is 1.29 bits per heavy atom. The van der Waals surface area contributed by atoms with Crippen molar-refractivity contribution < 1.29 is 5.11 Å². The highest BCUT2D eigenvalue weighted by molar-refractivity contribution is 5.91. The summed E-state index contributed by atoms with van der Waals surface area (Å²) in [5.41, 5.74) is 3.19. The van der Waals surface area contributed by atoms with Gasteiger partial charge in [-0.15, -0.1) is 0 Å². The molecule has 0 fully saturated rings. The number of H-pyrrole nitrogens is 1. The monoisotopic (exact) mass is 185 g/mol. The minimum Gasteiger partial charge on any atom is -0.387 e. The Morgan fingerprint density at radius 3 is 3.07 bits per heavy atom. The molecule has 1 aromatic carbocycles. The lowest BCUT2D eigenvalue weighted by molar-refractivity contribution is 0.176. The fourth-order valence-corrected chi connectivity index (χ4v) is 2.06. The maximum Gasteiger partial charge on any atom is 0.0978 e. The minimum absolute atomic E-state index is 0.373. The van der Waals surface area contributed by atoms with Gasteiger partial charge in [0.05, 0.1) is 11.8 Å². The largest absolute Gasteiger partial charge is 0.387 e. The Morgan fingerprint density at radius 2 is 2.14 bits per heavy atom. The van der Waals surface area contributed by atoms with E-state index in [9.17, 15) is 5.11 Å². The fraction of sp³-hybridized carbons (Fsp3) is 0.167. The molecule has 1 aliphatic carbocycles. The highest BCUT2D eigenvalue weighted by atomic mass is 16.3. The van der Waals surface area contributed by atoms with Crippen molar-refractivity contribution >= 4 is 17.0 Å². The molecular formula is C12H11NO. The molecule has 0 radical (unpaired) electrons. The number of aliphatic hydroxyl groups excluding tert-OH is 1. The number of aromatic nitrogens is 1. The van der Waals surface area contributed by atoms with Crippen LogP contribution in [0.15, 0.2) is 30.3 Å². The average Bonchev–Trinajstić information content (AvgIpc) is 2.59. The highest BCUT2D eigenvalue weighted by Gasteiger charge is 2.18. The first-order chi connectivity index (χ1) is 6.86. The number of rotatable bonds is 0. The summed E-state index contributed by atoms with van der Waals surface area (Å²) in [5, 5.41) is 11.0. The number of aromatic amines is 1. The third kappa shape index (κ3) is 0.946. The van der Waals surface area contributed by atoms with E-state index >= 15 is 0 Å². The zero-order valence-electron chi connectivity index (χ0n) is 7.70. The second-order valence-electron chi connectivity index (χ2n) is 3.65. The molecule has 70 valence electrons. The van der Waals surface area contributed by atoms with Crippen LogP contribution in [0.2, 0.25) is 0 Å². The van der Waals surface area contributed by atoms with Gasteiger partial charge >= 0.3 is 0 Å². The molecule has 1 aliphatic rings. The van der Waals surface area contributed by atoms with Gasteiger partial charge in [-0.3, -0.25) is 0 Å². The van der Waals surface area contributed by atoms with Crippen LogP contribution in [0, 0.1) is 0 Å². The van der Waals surface area contributed by atoms with E-state index in [0.29, 0.717) is 6.42 Å². The summed E-state index contributed by atoms with van der Waals surface area (Å²) in [6.07, 6.45) is 4.44. The number of aliphatic hydroxyl groups is 1. The van der Waals surface area contributed by atoms with Gasteiger partial charge in [-0.05, 0) is 12.5 Å². The zero-order valence-corrected chi connectivity index (χ0v) is 7.70. The molecule has 0 spiro atoms. The maximum atomic E-state index is 9.78. The van der Waals surface area contributed by atoms with Gasteiger partial charge in [-0.1, -0.05) is 30.4 Å². The fourth-order valence-electron chi connectivity index (χ4n) is 2.06. The zero-order chi connectivity index (χ0) is 9.54. The van der Waals surface area contributed by atoms with Crippen LogP contribution in [0.1, 0.15) is 23.8 Å². The summed E-state index contributed by atoms with van der Waals surface area (Å²) in [6, 6.07) is 8.13. The Bertz CT molecular complexity index is 510. The summed E-state index contributed by atoms with van der Waals surface area (Å²) < 4.78 is 0. The van der Waals surface area contributed by atoms with Crippen molar-refractivity contribution in [2.75, 3.05) is 0 Å². The van der Waals surface area contributed by atoms with Crippen molar-refractivity contribution in [1.29, 1.82) is 0 Å². The van der Waals surface area contributed by atoms with Crippen molar-refractivity contribution in [3.05, 3.63) is 41.6 Å². The molecule has 14 heavy (non-hydrogen) atoms. The van der Waals surface area contributed by atoms with Crippen LogP contribution in [-0.4, -0.2) is 10.1 Å². The second-order valence-corrected chi connectivity index (χ2v) is 3.65. The predicted octanol–water partition coefficient (Wildman–Crippen LogP) is 2.62. The first-order valence-electron chi connectivity index (χ1n) is 4.81. The number of hydrogen-bond acceptors (Lipinski definition) is 1. The van der Waals surface area contributed by atoms with Crippen LogP contribution in [0.5, 0.6) is 0 Å². The predicted molar refractivity (Wildman–Crippen MR) is 56.9 cm³/mol. The smallest absolute Gasteiger partial charge is 0.0978 e. The van der Waals surface area contributed by atoms with E-state index in [-0.39, 0.29) is 6.10 Å². The summed E-state index contributed by atoms with van der Waals surface area (Å²) in [4.78, 5) is 3.26. The summed E-state index contributed by atoms with van der Waals surface area (Å²) >= 11 is 0. The number of nitrogens with one attached hydrogen (secondary N) is 1. The molecule has 2 aromatic rings. The van der Waals surface area contributed by atoms with E-state index < -0.39 is 0 Å². The van der Waals surface area contributed by atoms with Crippen molar-refractivity contribution in [2.45, 2.75) is 12.5 Å². The van der Waals surface area contributed by atoms with Gasteiger partial charge in [-0.2, -0.15) is 0 Å². The molecule has 0 saturated carbocycles. The molecular weight excluding hydrogens is 174 g/mol. The Hall–Kier alpha value is -1.54. The number of benzene rings is 1. The molecule has 3 rings (SSSR count). The van der Waals surface area contributed by atoms with Gasteiger partial charge in [-0.25, -0.2) is 0 Å². The first-order valence-corrected chi connectivity index (χ1v) is 4.81. The van der Waals surface area contributed by atoms with Gasteiger partial charge in [0.2, 0.25) is 0 Å². The lowest BCUT2D eigenvalue weighted by Crippen LogP contribution is -2.01. The summed E-state index contributed by atoms with van der Waals surface area (Å²) in [5.74, 6) is 0. The highest BCUT2D eigenvalue weighted by Crippen LogP contribution is 2.32. The molecule has 1 atom stereocenters. The van der Waals surface area contributed by atoms with Gasteiger partial charge in [0.1, 0.15) is 0 Å². The van der Waals surface area contributed by atoms with E-state index in [1.807, 2.05) is 24.3 Å². The van der Waals surface area contributed by atoms with Crippen molar-refractivity contribution in [3.63, 3.8) is 0 Å². The molecule has 2 N–H and O–H groups in total. The number of para-hydroxylation sites is 1. The van der Waals surface area contributed by atoms with Gasteiger partial charge in [0.15, 0.2) is 0 Å². The second kappa shape index (κ2) is 2.72. The van der Waals surface area contributed by atoms with Crippen LogP contribution >= 0.6 is 0 Å². The Labute approximate surface area is 81.9 Å². The van der Waals surface area contributed by atoms with E-state index in [4.69, 9.17) is 0 Å². The summed E-state index contributed by atoms with van der Waals surface area (Å²) in [6.45, 7) is 0. The molecule has 1 heterocycles. The van der Waals surface area contributed by atoms with Crippen molar-refractivity contribution in [2.24, 2.45) is 0 Å². The third-order valence-electron chi connectivity index (χ3n) is 2.75. The van der Waals surface area contributed by atoms with E-state index in [1.165, 1.54) is 5.39 Å². The standard InChI is InChI=1S/C12H11NO/c14-11-7-3-5-9-8-4-1-2-6-10(8)13-12(9)11/h1-6,11,13-14H,7H2. The van der Waals surface area contributed by atoms with Gasteiger partial charge in [0.25, 0.3) is 0 Å². The molecule has 1 aromatic heterocycles. The van der Waals surface area contributed by atoms with Crippen LogP contribution in [0.3, 0.4) is 0 Å². The minimum atomic E-state index is -0.373. The van der Waals surface area contributed by atoms with Crippen molar-refractivity contribution in [3.8, 4) is 0 Å². The number of fused-ring (bicyclic) bond motifs is 3. The Balaban J connectivity index is 2.39. The van der Waals surface area contributed by atoms with E-state index in [1.54, 1.807) is 0 Å². The molecule has 2 nitrogen and oxygen atoms in total.